The molecule has 40 heavy (non-hydrogen) atoms. The van der Waals surface area contributed by atoms with E-state index in [0.717, 1.165) is 16.4 Å². The zero-order chi connectivity index (χ0) is 29.4. The van der Waals surface area contributed by atoms with Crippen LogP contribution < -0.4 is 9.62 Å². The Morgan fingerprint density at radius 1 is 0.950 bits per heavy atom. The monoisotopic (exact) mass is 607 g/mol. The summed E-state index contributed by atoms with van der Waals surface area (Å²) >= 11 is 12.3. The minimum absolute atomic E-state index is 0.0219. The van der Waals surface area contributed by atoms with Crippen molar-refractivity contribution in [2.75, 3.05) is 17.4 Å². The second kappa shape index (κ2) is 14.0. The molecule has 3 rings (SSSR count). The van der Waals surface area contributed by atoms with E-state index >= 15 is 0 Å². The lowest BCUT2D eigenvalue weighted by Gasteiger charge is -2.33. The second-order valence-corrected chi connectivity index (χ2v) is 12.3. The van der Waals surface area contributed by atoms with E-state index < -0.39 is 34.3 Å². The highest BCUT2D eigenvalue weighted by molar-refractivity contribution is 7.92. The van der Waals surface area contributed by atoms with Crippen molar-refractivity contribution in [3.63, 3.8) is 0 Å². The van der Waals surface area contributed by atoms with Gasteiger partial charge in [0.25, 0.3) is 10.0 Å². The molecule has 7 nitrogen and oxygen atoms in total. The molecule has 0 aliphatic carbocycles. The maximum Gasteiger partial charge on any atom is 0.264 e. The predicted octanol–water partition coefficient (Wildman–Crippen LogP) is 5.91. The first kappa shape index (κ1) is 31.4. The Labute approximate surface area is 244 Å². The third-order valence-corrected chi connectivity index (χ3v) is 8.66. The molecule has 0 spiro atoms. The zero-order valence-corrected chi connectivity index (χ0v) is 24.8. The lowest BCUT2D eigenvalue weighted by atomic mass is 10.1. The van der Waals surface area contributed by atoms with E-state index in [0.29, 0.717) is 17.1 Å². The number of halogens is 3. The van der Waals surface area contributed by atoms with E-state index in [1.807, 2.05) is 13.8 Å². The first-order chi connectivity index (χ1) is 18.9. The molecule has 0 radical (unpaired) electrons. The lowest BCUT2D eigenvalue weighted by molar-refractivity contribution is -0.140. The molecule has 0 aliphatic heterocycles. The van der Waals surface area contributed by atoms with Crippen LogP contribution in [0, 0.1) is 11.7 Å². The summed E-state index contributed by atoms with van der Waals surface area (Å²) in [7, 11) is -4.23. The van der Waals surface area contributed by atoms with Crippen LogP contribution in [-0.4, -0.2) is 44.3 Å². The molecule has 3 aromatic rings. The summed E-state index contributed by atoms with van der Waals surface area (Å²) in [6, 6.07) is 16.4. The summed E-state index contributed by atoms with van der Waals surface area (Å²) < 4.78 is 42.1. The number of carbonyl (C=O) groups is 2. The minimum atomic E-state index is -4.23. The summed E-state index contributed by atoms with van der Waals surface area (Å²) in [5.74, 6) is -1.35. The van der Waals surface area contributed by atoms with Crippen molar-refractivity contribution in [3.05, 3.63) is 94.2 Å². The quantitative estimate of drug-likeness (QED) is 0.277. The van der Waals surface area contributed by atoms with Crippen LogP contribution in [-0.2, 0) is 26.2 Å². The van der Waals surface area contributed by atoms with Gasteiger partial charge in [0, 0.05) is 13.1 Å². The van der Waals surface area contributed by atoms with Crippen molar-refractivity contribution in [3.8, 4) is 0 Å². The van der Waals surface area contributed by atoms with Gasteiger partial charge < -0.3 is 10.2 Å². The van der Waals surface area contributed by atoms with Gasteiger partial charge in [0.1, 0.15) is 18.4 Å². The second-order valence-electron chi connectivity index (χ2n) is 9.63. The van der Waals surface area contributed by atoms with Gasteiger partial charge in [-0.05, 0) is 66.4 Å². The topological polar surface area (TPSA) is 86.8 Å². The van der Waals surface area contributed by atoms with Gasteiger partial charge in [-0.1, -0.05) is 68.2 Å². The van der Waals surface area contributed by atoms with E-state index in [4.69, 9.17) is 23.2 Å². The van der Waals surface area contributed by atoms with Gasteiger partial charge in [-0.3, -0.25) is 13.9 Å². The highest BCUT2D eigenvalue weighted by Crippen LogP contribution is 2.27. The highest BCUT2D eigenvalue weighted by atomic mass is 35.5. The summed E-state index contributed by atoms with van der Waals surface area (Å²) in [6.45, 7) is 5.44. The SMILES string of the molecule is CC[C@@H](C(=O)NCC(C)C)N(Cc1ccc(Cl)c(Cl)c1)C(=O)CN(c1ccc(F)cc1)S(=O)(=O)c1ccccc1. The normalized spacial score (nSPS) is 12.2. The number of benzene rings is 3. The molecule has 0 saturated heterocycles. The molecule has 0 unspecified atom stereocenters. The van der Waals surface area contributed by atoms with Crippen LogP contribution in [0.2, 0.25) is 10.0 Å². The van der Waals surface area contributed by atoms with Crippen LogP contribution in [0.4, 0.5) is 10.1 Å². The molecular weight excluding hydrogens is 576 g/mol. The maximum absolute atomic E-state index is 14.0. The van der Waals surface area contributed by atoms with Crippen LogP contribution in [0.15, 0.2) is 77.7 Å². The van der Waals surface area contributed by atoms with Gasteiger partial charge in [0.15, 0.2) is 0 Å². The molecule has 11 heteroatoms. The first-order valence-corrected chi connectivity index (χ1v) is 15.0. The molecule has 214 valence electrons. The number of hydrogen-bond acceptors (Lipinski definition) is 4. The van der Waals surface area contributed by atoms with Gasteiger partial charge in [-0.25, -0.2) is 12.8 Å². The van der Waals surface area contributed by atoms with Crippen LogP contribution in [0.3, 0.4) is 0 Å². The van der Waals surface area contributed by atoms with Crippen molar-refractivity contribution in [2.45, 2.75) is 44.7 Å². The van der Waals surface area contributed by atoms with Crippen molar-refractivity contribution in [1.82, 2.24) is 10.2 Å². The van der Waals surface area contributed by atoms with Gasteiger partial charge in [-0.2, -0.15) is 0 Å². The maximum atomic E-state index is 14.0. The highest BCUT2D eigenvalue weighted by Gasteiger charge is 2.33. The number of carbonyl (C=O) groups excluding carboxylic acids is 2. The fraction of sp³-hybridized carbons (Fsp3) is 0.310. The van der Waals surface area contributed by atoms with E-state index in [1.165, 1.54) is 29.2 Å². The van der Waals surface area contributed by atoms with E-state index in [-0.39, 0.29) is 40.4 Å². The van der Waals surface area contributed by atoms with Crippen LogP contribution in [0.1, 0.15) is 32.8 Å². The Bertz CT molecular complexity index is 1420. The van der Waals surface area contributed by atoms with Gasteiger partial charge in [0.2, 0.25) is 11.8 Å². The molecule has 0 fully saturated rings. The number of rotatable bonds is 12. The van der Waals surface area contributed by atoms with E-state index in [1.54, 1.807) is 43.3 Å². The number of hydrogen-bond donors (Lipinski definition) is 1. The largest absolute Gasteiger partial charge is 0.354 e. The summed E-state index contributed by atoms with van der Waals surface area (Å²) in [4.78, 5) is 28.5. The Morgan fingerprint density at radius 2 is 1.60 bits per heavy atom. The molecule has 1 atom stereocenters. The fourth-order valence-corrected chi connectivity index (χ4v) is 5.79. The molecular formula is C29H32Cl2FN3O4S. The Hall–Kier alpha value is -3.14. The van der Waals surface area contributed by atoms with Crippen molar-refractivity contribution in [1.29, 1.82) is 0 Å². The molecule has 2 amide bonds. The molecule has 0 aliphatic rings. The number of sulfonamides is 1. The average Bonchev–Trinajstić information content (AvgIpc) is 2.93. The van der Waals surface area contributed by atoms with Gasteiger partial charge in [-0.15, -0.1) is 0 Å². The molecule has 0 heterocycles. The van der Waals surface area contributed by atoms with Crippen molar-refractivity contribution < 1.29 is 22.4 Å². The van der Waals surface area contributed by atoms with E-state index in [2.05, 4.69) is 5.32 Å². The Morgan fingerprint density at radius 3 is 2.17 bits per heavy atom. The third kappa shape index (κ3) is 7.96. The summed E-state index contributed by atoms with van der Waals surface area (Å²) in [5.41, 5.74) is 0.711. The van der Waals surface area contributed by atoms with Crippen LogP contribution >= 0.6 is 23.2 Å². The van der Waals surface area contributed by atoms with Crippen LogP contribution in [0.25, 0.3) is 0 Å². The third-order valence-electron chi connectivity index (χ3n) is 6.13. The number of amides is 2. The number of anilines is 1. The molecule has 0 bridgehead atoms. The standard InChI is InChI=1S/C29H32Cl2FN3O4S/c1-4-27(29(37)33-17-20(2)3)34(18-21-10-15-25(30)26(31)16-21)28(36)19-35(23-13-11-22(32)12-14-23)40(38,39)24-8-6-5-7-9-24/h5-16,20,27H,4,17-19H2,1-3H3,(H,33,37)/t27-/m0/s1. The average molecular weight is 609 g/mol. The zero-order valence-electron chi connectivity index (χ0n) is 22.5. The van der Waals surface area contributed by atoms with Gasteiger partial charge >= 0.3 is 0 Å². The van der Waals surface area contributed by atoms with Crippen molar-refractivity contribution >= 4 is 50.7 Å². The van der Waals surface area contributed by atoms with E-state index in [9.17, 15) is 22.4 Å². The Kier molecular flexibility index (Phi) is 11.0. The Balaban J connectivity index is 2.04. The van der Waals surface area contributed by atoms with Gasteiger partial charge in [0.05, 0.1) is 20.6 Å². The predicted molar refractivity (Wildman–Crippen MR) is 156 cm³/mol. The van der Waals surface area contributed by atoms with Crippen LogP contribution in [0.5, 0.6) is 0 Å². The minimum Gasteiger partial charge on any atom is -0.354 e. The molecule has 1 N–H and O–H groups in total. The molecule has 3 aromatic carbocycles. The molecule has 0 saturated carbocycles. The fourth-order valence-electron chi connectivity index (χ4n) is 4.03. The summed E-state index contributed by atoms with van der Waals surface area (Å²) in [5, 5.41) is 3.48. The molecule has 0 aromatic heterocycles. The number of nitrogens with one attached hydrogen (secondary N) is 1. The first-order valence-electron chi connectivity index (χ1n) is 12.8. The lowest BCUT2D eigenvalue weighted by Crippen LogP contribution is -2.52. The number of nitrogens with zero attached hydrogens (tertiary/aromatic N) is 2. The van der Waals surface area contributed by atoms with Crippen molar-refractivity contribution in [2.24, 2.45) is 5.92 Å². The summed E-state index contributed by atoms with van der Waals surface area (Å²) in [6.07, 6.45) is 0.277. The smallest absolute Gasteiger partial charge is 0.264 e.